The molecule has 0 atom stereocenters. The fourth-order valence-electron chi connectivity index (χ4n) is 10.3. The summed E-state index contributed by atoms with van der Waals surface area (Å²) in [4.78, 5) is 18.7. The normalized spacial score (nSPS) is 11.1. The van der Waals surface area contributed by atoms with Crippen LogP contribution in [-0.4, -0.2) is 67.8 Å². The minimum atomic E-state index is -0.287. The first-order valence-corrected chi connectivity index (χ1v) is 28.2. The summed E-state index contributed by atoms with van der Waals surface area (Å²) in [7, 11) is 1.64. The summed E-state index contributed by atoms with van der Waals surface area (Å²) >= 11 is 5.92. The Morgan fingerprint density at radius 1 is 0.382 bits per heavy atom. The SMILES string of the molecule is COc1ccccc1Nc1nc2ccccc2c2[nH]nc(N)c12.Cc1ccc(Nc2nc3ccccc3c3[nH]nc(N)c23)cc1.Nc1n[nH]c2c1c(Nc1ccc(Cl)cc1)nc1ccccc12.Nc1n[nH]c2c1c(Nc1ccc(F)cc1)nc1ccccc12. The maximum absolute atomic E-state index is 13.0. The zero-order valence-corrected chi connectivity index (χ0v) is 48.3. The van der Waals surface area contributed by atoms with Crippen molar-refractivity contribution in [3.05, 3.63) is 211 Å². The van der Waals surface area contributed by atoms with Gasteiger partial charge in [-0.25, -0.2) is 24.3 Å². The van der Waals surface area contributed by atoms with Crippen molar-refractivity contribution in [3.8, 4) is 5.75 Å². The number of ether oxygens (including phenoxy) is 1. The number of aromatic amines is 4. The molecule has 23 heteroatoms. The number of nitrogens with zero attached hydrogens (tertiary/aromatic N) is 8. The zero-order chi connectivity index (χ0) is 61.1. The molecule has 0 fully saturated rings. The number of nitrogens with one attached hydrogen (secondary N) is 8. The highest BCUT2D eigenvalue weighted by molar-refractivity contribution is 6.30. The van der Waals surface area contributed by atoms with Crippen molar-refractivity contribution < 1.29 is 9.13 Å². The second-order valence-electron chi connectivity index (χ2n) is 20.4. The molecular weight excluding hydrogens is 1140 g/mol. The summed E-state index contributed by atoms with van der Waals surface area (Å²) < 4.78 is 18.4. The molecule has 21 nitrogen and oxygen atoms in total. The molecule has 8 heterocycles. The van der Waals surface area contributed by atoms with Crippen LogP contribution in [0.5, 0.6) is 5.75 Å². The molecule has 0 amide bonds. The smallest absolute Gasteiger partial charge is 0.156 e. The van der Waals surface area contributed by atoms with Gasteiger partial charge in [0.25, 0.3) is 0 Å². The third-order valence-corrected chi connectivity index (χ3v) is 14.9. The van der Waals surface area contributed by atoms with Gasteiger partial charge in [0.1, 0.15) is 34.8 Å². The fraction of sp³-hybridized carbons (Fsp3) is 0.0303. The zero-order valence-electron chi connectivity index (χ0n) is 47.5. The van der Waals surface area contributed by atoms with Crippen molar-refractivity contribution in [1.29, 1.82) is 0 Å². The highest BCUT2D eigenvalue weighted by atomic mass is 35.5. The Labute approximate surface area is 510 Å². The highest BCUT2D eigenvalue weighted by Crippen LogP contribution is 2.38. The molecule has 0 saturated heterocycles. The lowest BCUT2D eigenvalue weighted by Gasteiger charge is -2.12. The van der Waals surface area contributed by atoms with Crippen LogP contribution in [0, 0.1) is 12.7 Å². The summed E-state index contributed by atoms with van der Waals surface area (Å²) in [5.74, 6) is 4.72. The highest BCUT2D eigenvalue weighted by Gasteiger charge is 2.19. The first-order valence-electron chi connectivity index (χ1n) is 27.8. The molecule has 0 aliphatic heterocycles. The summed E-state index contributed by atoms with van der Waals surface area (Å²) in [6.07, 6.45) is 0. The molecule has 0 saturated carbocycles. The third kappa shape index (κ3) is 11.3. The largest absolute Gasteiger partial charge is 0.495 e. The van der Waals surface area contributed by atoms with E-state index < -0.39 is 0 Å². The van der Waals surface area contributed by atoms with E-state index in [9.17, 15) is 4.39 Å². The molecule has 0 aliphatic carbocycles. The Morgan fingerprint density at radius 3 is 1.04 bits per heavy atom. The second-order valence-corrected chi connectivity index (χ2v) is 20.9. The van der Waals surface area contributed by atoms with Crippen LogP contribution in [-0.2, 0) is 0 Å². The number of para-hydroxylation sites is 6. The van der Waals surface area contributed by atoms with Crippen molar-refractivity contribution in [3.63, 3.8) is 0 Å². The molecule has 89 heavy (non-hydrogen) atoms. The number of benzene rings is 8. The van der Waals surface area contributed by atoms with Crippen LogP contribution in [0.3, 0.4) is 0 Å². The molecule has 0 aliphatic rings. The summed E-state index contributed by atoms with van der Waals surface area (Å²) in [5.41, 5.74) is 35.6. The molecule has 0 spiro atoms. The van der Waals surface area contributed by atoms with Crippen molar-refractivity contribution in [2.24, 2.45) is 0 Å². The minimum absolute atomic E-state index is 0.287. The average molecular weight is 1200 g/mol. The topological polar surface area (TPSA) is 328 Å². The first kappa shape index (κ1) is 55.9. The van der Waals surface area contributed by atoms with E-state index in [1.807, 2.05) is 158 Å². The molecule has 0 radical (unpaired) electrons. The fourth-order valence-corrected chi connectivity index (χ4v) is 10.5. The van der Waals surface area contributed by atoms with Crippen molar-refractivity contribution in [1.82, 2.24) is 60.7 Å². The Bertz CT molecular complexity index is 4860. The number of nitrogen functional groups attached to an aromatic ring is 4. The van der Waals surface area contributed by atoms with Crippen LogP contribution in [0.1, 0.15) is 5.56 Å². The maximum Gasteiger partial charge on any atom is 0.156 e. The molecule has 0 unspecified atom stereocenters. The monoisotopic (exact) mass is 1200 g/mol. The second kappa shape index (κ2) is 24.0. The van der Waals surface area contributed by atoms with Crippen LogP contribution >= 0.6 is 11.6 Å². The number of fused-ring (bicyclic) bond motifs is 12. The number of hydrogen-bond acceptors (Lipinski definition) is 17. The molecule has 438 valence electrons. The lowest BCUT2D eigenvalue weighted by Crippen LogP contribution is -1.99. The van der Waals surface area contributed by atoms with E-state index in [1.165, 1.54) is 17.7 Å². The van der Waals surface area contributed by atoms with Crippen LogP contribution in [0.4, 0.5) is 73.7 Å². The van der Waals surface area contributed by atoms with Gasteiger partial charge in [0.05, 0.1) is 78.5 Å². The van der Waals surface area contributed by atoms with Crippen LogP contribution in [0.15, 0.2) is 194 Å². The van der Waals surface area contributed by atoms with E-state index in [0.717, 1.165) is 116 Å². The molecule has 8 aromatic carbocycles. The van der Waals surface area contributed by atoms with Gasteiger partial charge in [-0.1, -0.05) is 114 Å². The molecule has 16 N–H and O–H groups in total. The number of anilines is 12. The van der Waals surface area contributed by atoms with Crippen molar-refractivity contribution >= 4 is 168 Å². The lowest BCUT2D eigenvalue weighted by molar-refractivity contribution is 0.417. The quantitative estimate of drug-likeness (QED) is 0.0639. The van der Waals surface area contributed by atoms with E-state index in [2.05, 4.69) is 91.1 Å². The van der Waals surface area contributed by atoms with E-state index in [0.29, 0.717) is 51.6 Å². The van der Waals surface area contributed by atoms with E-state index in [4.69, 9.17) is 49.2 Å². The first-order chi connectivity index (χ1) is 43.4. The number of methoxy groups -OCH3 is 1. The molecule has 0 bridgehead atoms. The lowest BCUT2D eigenvalue weighted by atomic mass is 10.1. The van der Waals surface area contributed by atoms with Crippen molar-refractivity contribution in [2.75, 3.05) is 51.3 Å². The molecular formula is C66H54ClFN20O. The number of H-pyrrole nitrogens is 4. The number of pyridine rings is 4. The predicted molar refractivity (Wildman–Crippen MR) is 358 cm³/mol. The van der Waals surface area contributed by atoms with Gasteiger partial charge in [-0.3, -0.25) is 20.4 Å². The number of rotatable bonds is 9. The van der Waals surface area contributed by atoms with Crippen LogP contribution in [0.25, 0.3) is 87.2 Å². The van der Waals surface area contributed by atoms with Gasteiger partial charge in [0, 0.05) is 43.6 Å². The van der Waals surface area contributed by atoms with Gasteiger partial charge in [-0.2, -0.15) is 20.4 Å². The summed E-state index contributed by atoms with van der Waals surface area (Å²) in [6, 6.07) is 60.7. The average Bonchev–Trinajstić information content (AvgIpc) is 1.99. The van der Waals surface area contributed by atoms with Crippen LogP contribution < -0.4 is 48.9 Å². The van der Waals surface area contributed by atoms with Crippen LogP contribution in [0.2, 0.25) is 5.02 Å². The predicted octanol–water partition coefficient (Wildman–Crippen LogP) is 14.9. The summed E-state index contributed by atoms with van der Waals surface area (Å²) in [5, 5.41) is 49.2. The number of aromatic nitrogens is 12. The van der Waals surface area contributed by atoms with Crippen molar-refractivity contribution in [2.45, 2.75) is 6.92 Å². The number of halogens is 2. The molecule has 8 aromatic heterocycles. The number of hydrogen-bond donors (Lipinski definition) is 12. The molecule has 16 aromatic rings. The number of nitrogens with two attached hydrogens (primary N) is 4. The summed E-state index contributed by atoms with van der Waals surface area (Å²) in [6.45, 7) is 2.06. The van der Waals surface area contributed by atoms with E-state index in [1.54, 1.807) is 19.2 Å². The van der Waals surface area contributed by atoms with Gasteiger partial charge in [-0.05, 0) is 104 Å². The van der Waals surface area contributed by atoms with Gasteiger partial charge in [0.15, 0.2) is 23.3 Å². The Balaban J connectivity index is 0.000000109. The van der Waals surface area contributed by atoms with E-state index in [-0.39, 0.29) is 5.82 Å². The Morgan fingerprint density at radius 2 is 0.685 bits per heavy atom. The maximum atomic E-state index is 13.0. The minimum Gasteiger partial charge on any atom is -0.495 e. The van der Waals surface area contributed by atoms with E-state index >= 15 is 0 Å². The third-order valence-electron chi connectivity index (χ3n) is 14.6. The standard InChI is InChI=1S/C17H15N5O.C17H15N5.C16H12ClN5.C16H12FN5/c1-23-13-9-5-4-8-12(13)20-17-14-15(21-22-16(14)18)10-6-2-3-7-11(10)19-17;1-10-6-8-11(9-7-10)19-17-14-15(21-22-16(14)18)12-4-2-3-5-13(12)20-17;2*17-9-5-7-10(8-6-9)19-16-13-14(21-22-15(13)18)11-3-1-2-4-12(11)20-16/h2-9H,1H3,(H,19,20)(H3,18,21,22);2-9H,1H3,(H,19,20)(H3,18,21,22);2*1-8H,(H,19,20)(H3,18,21,22). The van der Waals surface area contributed by atoms with Gasteiger partial charge in [-0.15, -0.1) is 0 Å². The number of aryl methyl sites for hydroxylation is 1. The Hall–Kier alpha value is -12.3. The van der Waals surface area contributed by atoms with Gasteiger partial charge < -0.3 is 48.9 Å². The van der Waals surface area contributed by atoms with Gasteiger partial charge >= 0.3 is 0 Å². The van der Waals surface area contributed by atoms with Gasteiger partial charge in [0.2, 0.25) is 0 Å². The molecule has 16 rings (SSSR count). The Kier molecular flexibility index (Phi) is 15.1.